The van der Waals surface area contributed by atoms with Crippen LogP contribution in [0.15, 0.2) is 12.1 Å². The molecule has 0 aromatic heterocycles. The minimum absolute atomic E-state index is 0.157. The van der Waals surface area contributed by atoms with E-state index in [2.05, 4.69) is 17.6 Å². The number of anilines is 1. The predicted octanol–water partition coefficient (Wildman–Crippen LogP) is 2.82. The molecule has 1 fully saturated rings. The highest BCUT2D eigenvalue weighted by Gasteiger charge is 2.37. The van der Waals surface area contributed by atoms with Gasteiger partial charge in [-0.05, 0) is 24.3 Å². The van der Waals surface area contributed by atoms with Crippen LogP contribution in [0.25, 0.3) is 0 Å². The number of nitrogens with zero attached hydrogens (tertiary/aromatic N) is 1. The quantitative estimate of drug-likeness (QED) is 0.646. The Morgan fingerprint density at radius 2 is 2.15 bits per heavy atom. The Balaban J connectivity index is 2.23. The monoisotopic (exact) mass is 297 g/mol. The van der Waals surface area contributed by atoms with E-state index in [1.54, 1.807) is 7.05 Å². The molecule has 1 aromatic carbocycles. The van der Waals surface area contributed by atoms with Crippen molar-refractivity contribution in [2.45, 2.75) is 19.8 Å². The van der Waals surface area contributed by atoms with Crippen LogP contribution in [0.3, 0.4) is 0 Å². The van der Waals surface area contributed by atoms with Crippen LogP contribution in [0, 0.1) is 15.5 Å². The predicted molar refractivity (Wildman–Crippen MR) is 77.3 cm³/mol. The first-order valence-corrected chi connectivity index (χ1v) is 6.68. The average Bonchev–Trinajstić information content (AvgIpc) is 3.13. The molecule has 0 unspecified atom stereocenters. The normalized spacial score (nSPS) is 15.6. The second-order valence-electron chi connectivity index (χ2n) is 5.35. The van der Waals surface area contributed by atoms with Crippen molar-refractivity contribution in [1.82, 2.24) is 5.32 Å². The third-order valence-corrected chi connectivity index (χ3v) is 3.86. The lowest BCUT2D eigenvalue weighted by Gasteiger charge is -2.11. The van der Waals surface area contributed by atoms with Crippen molar-refractivity contribution in [3.05, 3.63) is 32.8 Å². The first-order chi connectivity index (χ1) is 9.36. The summed E-state index contributed by atoms with van der Waals surface area (Å²) in [5.74, 6) is -0.342. The lowest BCUT2D eigenvalue weighted by atomic mass is 10.1. The van der Waals surface area contributed by atoms with Gasteiger partial charge < -0.3 is 10.6 Å². The molecule has 1 aliphatic rings. The SMILES string of the molecule is CNc1c(Cl)cc(C(=O)NCC2(C)CC2)cc1[N+](=O)[O-]. The van der Waals surface area contributed by atoms with Gasteiger partial charge in [-0.1, -0.05) is 18.5 Å². The van der Waals surface area contributed by atoms with Crippen molar-refractivity contribution in [3.8, 4) is 0 Å². The first-order valence-electron chi connectivity index (χ1n) is 6.30. The zero-order chi connectivity index (χ0) is 14.9. The molecule has 0 aliphatic heterocycles. The summed E-state index contributed by atoms with van der Waals surface area (Å²) < 4.78 is 0. The van der Waals surface area contributed by atoms with E-state index in [0.29, 0.717) is 6.54 Å². The fourth-order valence-corrected chi connectivity index (χ4v) is 2.21. The van der Waals surface area contributed by atoms with Gasteiger partial charge in [-0.2, -0.15) is 0 Å². The number of hydrogen-bond acceptors (Lipinski definition) is 4. The summed E-state index contributed by atoms with van der Waals surface area (Å²) in [6.45, 7) is 2.66. The second-order valence-corrected chi connectivity index (χ2v) is 5.76. The summed E-state index contributed by atoms with van der Waals surface area (Å²) in [6, 6.07) is 2.67. The second kappa shape index (κ2) is 5.28. The van der Waals surface area contributed by atoms with E-state index in [-0.39, 0.29) is 33.3 Å². The highest BCUT2D eigenvalue weighted by atomic mass is 35.5. The van der Waals surface area contributed by atoms with E-state index in [4.69, 9.17) is 11.6 Å². The van der Waals surface area contributed by atoms with Crippen molar-refractivity contribution in [1.29, 1.82) is 0 Å². The molecule has 1 saturated carbocycles. The van der Waals surface area contributed by atoms with Gasteiger partial charge in [0.2, 0.25) is 0 Å². The number of nitrogens with one attached hydrogen (secondary N) is 2. The number of nitro benzene ring substituents is 1. The lowest BCUT2D eigenvalue weighted by molar-refractivity contribution is -0.383. The largest absolute Gasteiger partial charge is 0.381 e. The van der Waals surface area contributed by atoms with E-state index in [0.717, 1.165) is 12.8 Å². The number of amides is 1. The Hall–Kier alpha value is -1.82. The maximum absolute atomic E-state index is 12.0. The Labute approximate surface area is 121 Å². The summed E-state index contributed by atoms with van der Waals surface area (Å²) in [4.78, 5) is 22.5. The molecule has 0 radical (unpaired) electrons. The molecule has 0 heterocycles. The molecule has 2 N–H and O–H groups in total. The maximum Gasteiger partial charge on any atom is 0.294 e. The van der Waals surface area contributed by atoms with Gasteiger partial charge in [0.25, 0.3) is 11.6 Å². The summed E-state index contributed by atoms with van der Waals surface area (Å²) in [7, 11) is 1.54. The Kier molecular flexibility index (Phi) is 3.85. The highest BCUT2D eigenvalue weighted by molar-refractivity contribution is 6.34. The van der Waals surface area contributed by atoms with Crippen molar-refractivity contribution >= 4 is 28.9 Å². The van der Waals surface area contributed by atoms with Gasteiger partial charge in [0.05, 0.1) is 9.95 Å². The number of carbonyl (C=O) groups is 1. The summed E-state index contributed by atoms with van der Waals surface area (Å²) >= 11 is 5.98. The van der Waals surface area contributed by atoms with Crippen LogP contribution in [0.1, 0.15) is 30.1 Å². The molecule has 6 nitrogen and oxygen atoms in total. The number of nitro groups is 1. The third-order valence-electron chi connectivity index (χ3n) is 3.56. The maximum atomic E-state index is 12.0. The fourth-order valence-electron chi connectivity index (χ4n) is 1.90. The summed E-state index contributed by atoms with van der Waals surface area (Å²) in [5.41, 5.74) is 0.381. The number of rotatable bonds is 5. The van der Waals surface area contributed by atoms with Crippen LogP contribution in [0.2, 0.25) is 5.02 Å². The molecule has 0 atom stereocenters. The number of hydrogen-bond donors (Lipinski definition) is 2. The number of benzene rings is 1. The van der Waals surface area contributed by atoms with E-state index in [1.807, 2.05) is 0 Å². The van der Waals surface area contributed by atoms with Crippen LogP contribution in [0.5, 0.6) is 0 Å². The van der Waals surface area contributed by atoms with Crippen LogP contribution in [-0.2, 0) is 0 Å². The van der Waals surface area contributed by atoms with Gasteiger partial charge in [0.15, 0.2) is 0 Å². The van der Waals surface area contributed by atoms with E-state index >= 15 is 0 Å². The number of carbonyl (C=O) groups excluding carboxylic acids is 1. The molecule has 0 saturated heterocycles. The Morgan fingerprint density at radius 3 is 2.65 bits per heavy atom. The van der Waals surface area contributed by atoms with Crippen LogP contribution in [-0.4, -0.2) is 24.4 Å². The summed E-state index contributed by atoms with van der Waals surface area (Å²) in [6.07, 6.45) is 2.18. The van der Waals surface area contributed by atoms with Crippen molar-refractivity contribution in [3.63, 3.8) is 0 Å². The van der Waals surface area contributed by atoms with Crippen molar-refractivity contribution < 1.29 is 9.72 Å². The van der Waals surface area contributed by atoms with Crippen LogP contribution >= 0.6 is 11.6 Å². The Bertz CT molecular complexity index is 570. The van der Waals surface area contributed by atoms with Crippen LogP contribution < -0.4 is 10.6 Å². The van der Waals surface area contributed by atoms with E-state index < -0.39 is 4.92 Å². The fraction of sp³-hybridized carbons (Fsp3) is 0.462. The molecular weight excluding hydrogens is 282 g/mol. The first kappa shape index (κ1) is 14.6. The third kappa shape index (κ3) is 3.01. The van der Waals surface area contributed by atoms with E-state index in [1.165, 1.54) is 12.1 Å². The topological polar surface area (TPSA) is 84.3 Å². The standard InChI is InChI=1S/C13H16ClN3O3/c1-13(3-4-13)7-16-12(18)8-5-9(14)11(15-2)10(6-8)17(19)20/h5-6,15H,3-4,7H2,1-2H3,(H,16,18). The average molecular weight is 298 g/mol. The van der Waals surface area contributed by atoms with E-state index in [9.17, 15) is 14.9 Å². The van der Waals surface area contributed by atoms with Gasteiger partial charge in [-0.25, -0.2) is 0 Å². The minimum atomic E-state index is -0.559. The van der Waals surface area contributed by atoms with Gasteiger partial charge in [-0.15, -0.1) is 0 Å². The minimum Gasteiger partial charge on any atom is -0.381 e. The van der Waals surface area contributed by atoms with Crippen molar-refractivity contribution in [2.75, 3.05) is 18.9 Å². The molecule has 20 heavy (non-hydrogen) atoms. The van der Waals surface area contributed by atoms with Gasteiger partial charge in [0, 0.05) is 25.2 Å². The smallest absolute Gasteiger partial charge is 0.294 e. The summed E-state index contributed by atoms with van der Waals surface area (Å²) in [5, 5.41) is 16.6. The lowest BCUT2D eigenvalue weighted by Crippen LogP contribution is -2.29. The molecule has 1 aliphatic carbocycles. The molecule has 2 rings (SSSR count). The van der Waals surface area contributed by atoms with Crippen molar-refractivity contribution in [2.24, 2.45) is 5.41 Å². The highest BCUT2D eigenvalue weighted by Crippen LogP contribution is 2.44. The Morgan fingerprint density at radius 1 is 1.50 bits per heavy atom. The molecule has 1 amide bonds. The zero-order valence-electron chi connectivity index (χ0n) is 11.3. The number of halogens is 1. The van der Waals surface area contributed by atoms with Crippen LogP contribution in [0.4, 0.5) is 11.4 Å². The molecule has 0 bridgehead atoms. The molecule has 7 heteroatoms. The molecule has 108 valence electrons. The molecule has 0 spiro atoms. The molecular formula is C13H16ClN3O3. The molecule has 1 aromatic rings. The van der Waals surface area contributed by atoms with Gasteiger partial charge in [-0.3, -0.25) is 14.9 Å². The van der Waals surface area contributed by atoms with Gasteiger partial charge in [0.1, 0.15) is 5.69 Å². The van der Waals surface area contributed by atoms with Gasteiger partial charge >= 0.3 is 0 Å². The zero-order valence-corrected chi connectivity index (χ0v) is 12.1.